The van der Waals surface area contributed by atoms with Crippen molar-refractivity contribution in [3.05, 3.63) is 23.8 Å². The number of carbonyl (C=O) groups is 1. The van der Waals surface area contributed by atoms with Crippen LogP contribution in [-0.4, -0.2) is 38.8 Å². The van der Waals surface area contributed by atoms with E-state index in [2.05, 4.69) is 10.6 Å². The molecule has 1 aliphatic heterocycles. The number of benzene rings is 1. The molecule has 1 saturated carbocycles. The molecular weight excluding hydrogens is 280 g/mol. The van der Waals surface area contributed by atoms with Gasteiger partial charge in [0.15, 0.2) is 11.5 Å². The molecule has 5 heteroatoms. The molecule has 1 aromatic carbocycles. The van der Waals surface area contributed by atoms with Gasteiger partial charge in [0.25, 0.3) is 5.91 Å². The first-order chi connectivity index (χ1) is 10.8. The molecule has 0 spiro atoms. The molecule has 0 unspecified atom stereocenters. The van der Waals surface area contributed by atoms with Crippen molar-refractivity contribution in [3.63, 3.8) is 0 Å². The third-order valence-electron chi connectivity index (χ3n) is 4.44. The van der Waals surface area contributed by atoms with Gasteiger partial charge >= 0.3 is 0 Å². The molecule has 1 saturated heterocycles. The van der Waals surface area contributed by atoms with Gasteiger partial charge in [-0.2, -0.15) is 0 Å². The third kappa shape index (κ3) is 3.53. The molecule has 2 fully saturated rings. The molecule has 1 amide bonds. The highest BCUT2D eigenvalue weighted by atomic mass is 16.5. The van der Waals surface area contributed by atoms with Crippen molar-refractivity contribution >= 4 is 5.91 Å². The summed E-state index contributed by atoms with van der Waals surface area (Å²) >= 11 is 0. The van der Waals surface area contributed by atoms with Crippen LogP contribution >= 0.6 is 0 Å². The molecule has 0 bridgehead atoms. The molecule has 0 aromatic heterocycles. The minimum absolute atomic E-state index is 0.0578. The number of rotatable bonds is 6. The van der Waals surface area contributed by atoms with Gasteiger partial charge in [0.1, 0.15) is 0 Å². The minimum Gasteiger partial charge on any atom is -0.493 e. The van der Waals surface area contributed by atoms with Crippen LogP contribution in [0.25, 0.3) is 0 Å². The van der Waals surface area contributed by atoms with Crippen LogP contribution in [0.5, 0.6) is 11.5 Å². The summed E-state index contributed by atoms with van der Waals surface area (Å²) in [5.74, 6) is 1.85. The van der Waals surface area contributed by atoms with Crippen molar-refractivity contribution in [2.45, 2.75) is 31.8 Å². The van der Waals surface area contributed by atoms with Crippen molar-refractivity contribution < 1.29 is 14.3 Å². The first-order valence-corrected chi connectivity index (χ1v) is 8.10. The van der Waals surface area contributed by atoms with Crippen LogP contribution in [0.2, 0.25) is 0 Å². The van der Waals surface area contributed by atoms with E-state index in [1.54, 1.807) is 19.2 Å². The Morgan fingerprint density at radius 2 is 2.05 bits per heavy atom. The quantitative estimate of drug-likeness (QED) is 0.843. The lowest BCUT2D eigenvalue weighted by molar-refractivity contribution is 0.0941. The summed E-state index contributed by atoms with van der Waals surface area (Å²) < 4.78 is 11.4. The first-order valence-electron chi connectivity index (χ1n) is 8.10. The zero-order valence-electron chi connectivity index (χ0n) is 13.1. The van der Waals surface area contributed by atoms with Gasteiger partial charge in [0.2, 0.25) is 0 Å². The standard InChI is InChI=1S/C17H24N2O3/c1-21-16-8-13(17(20)19-11-12-9-18-10-12)6-7-15(16)22-14-4-2-3-5-14/h6-8,12,14,18H,2-5,9-11H2,1H3,(H,19,20). The van der Waals surface area contributed by atoms with Crippen LogP contribution in [0.15, 0.2) is 18.2 Å². The molecule has 2 N–H and O–H groups in total. The maximum absolute atomic E-state index is 12.2. The van der Waals surface area contributed by atoms with E-state index >= 15 is 0 Å². The van der Waals surface area contributed by atoms with Gasteiger partial charge in [-0.3, -0.25) is 4.79 Å². The van der Waals surface area contributed by atoms with Gasteiger partial charge in [-0.25, -0.2) is 0 Å². The SMILES string of the molecule is COc1cc(C(=O)NCC2CNC2)ccc1OC1CCCC1. The van der Waals surface area contributed by atoms with Gasteiger partial charge < -0.3 is 20.1 Å². The molecule has 0 atom stereocenters. The first kappa shape index (κ1) is 15.2. The average molecular weight is 304 g/mol. The Kier molecular flexibility index (Phi) is 4.83. The molecule has 0 radical (unpaired) electrons. The van der Waals surface area contributed by atoms with E-state index in [1.165, 1.54) is 12.8 Å². The number of nitrogens with one attached hydrogen (secondary N) is 2. The molecule has 5 nitrogen and oxygen atoms in total. The third-order valence-corrected chi connectivity index (χ3v) is 4.44. The van der Waals surface area contributed by atoms with Crippen LogP contribution in [0, 0.1) is 5.92 Å². The number of carbonyl (C=O) groups excluding carboxylic acids is 1. The number of amides is 1. The largest absolute Gasteiger partial charge is 0.493 e. The zero-order valence-corrected chi connectivity index (χ0v) is 13.1. The number of methoxy groups -OCH3 is 1. The lowest BCUT2D eigenvalue weighted by atomic mass is 10.0. The monoisotopic (exact) mass is 304 g/mol. The predicted octanol–water partition coefficient (Wildman–Crippen LogP) is 1.97. The number of hydrogen-bond donors (Lipinski definition) is 2. The maximum Gasteiger partial charge on any atom is 0.251 e. The molecular formula is C17H24N2O3. The topological polar surface area (TPSA) is 59.6 Å². The van der Waals surface area contributed by atoms with Crippen molar-refractivity contribution in [2.75, 3.05) is 26.7 Å². The Balaban J connectivity index is 1.63. The molecule has 3 rings (SSSR count). The van der Waals surface area contributed by atoms with E-state index < -0.39 is 0 Å². The van der Waals surface area contributed by atoms with Gasteiger partial charge in [-0.05, 0) is 43.9 Å². The van der Waals surface area contributed by atoms with Crippen molar-refractivity contribution in [1.29, 1.82) is 0 Å². The Morgan fingerprint density at radius 3 is 2.68 bits per heavy atom. The van der Waals surface area contributed by atoms with Gasteiger partial charge in [0.05, 0.1) is 13.2 Å². The molecule has 1 aliphatic carbocycles. The summed E-state index contributed by atoms with van der Waals surface area (Å²) in [6.45, 7) is 2.68. The second kappa shape index (κ2) is 7.01. The fourth-order valence-electron chi connectivity index (χ4n) is 2.92. The van der Waals surface area contributed by atoms with Crippen molar-refractivity contribution in [2.24, 2.45) is 5.92 Å². The number of ether oxygens (including phenoxy) is 2. The number of hydrogen-bond acceptors (Lipinski definition) is 4. The summed E-state index contributed by atoms with van der Waals surface area (Å²) in [4.78, 5) is 12.2. The summed E-state index contributed by atoms with van der Waals surface area (Å²) in [6, 6.07) is 5.41. The molecule has 2 aliphatic rings. The fourth-order valence-corrected chi connectivity index (χ4v) is 2.92. The smallest absolute Gasteiger partial charge is 0.251 e. The van der Waals surface area contributed by atoms with E-state index in [1.807, 2.05) is 6.07 Å². The van der Waals surface area contributed by atoms with Crippen LogP contribution in [0.3, 0.4) is 0 Å². The van der Waals surface area contributed by atoms with Crippen molar-refractivity contribution in [3.8, 4) is 11.5 Å². The van der Waals surface area contributed by atoms with E-state index in [0.29, 0.717) is 23.8 Å². The van der Waals surface area contributed by atoms with E-state index in [4.69, 9.17) is 9.47 Å². The Morgan fingerprint density at radius 1 is 1.27 bits per heavy atom. The molecule has 1 aromatic rings. The lowest BCUT2D eigenvalue weighted by Gasteiger charge is -2.27. The Labute approximate surface area is 131 Å². The molecule has 22 heavy (non-hydrogen) atoms. The minimum atomic E-state index is -0.0578. The van der Waals surface area contributed by atoms with Gasteiger partial charge in [0, 0.05) is 31.1 Å². The van der Waals surface area contributed by atoms with E-state index in [-0.39, 0.29) is 12.0 Å². The van der Waals surface area contributed by atoms with E-state index in [9.17, 15) is 4.79 Å². The average Bonchev–Trinajstić information content (AvgIpc) is 2.99. The van der Waals surface area contributed by atoms with Gasteiger partial charge in [-0.1, -0.05) is 0 Å². The van der Waals surface area contributed by atoms with Gasteiger partial charge in [-0.15, -0.1) is 0 Å². The van der Waals surface area contributed by atoms with Crippen LogP contribution in [0.1, 0.15) is 36.0 Å². The fraction of sp³-hybridized carbons (Fsp3) is 0.588. The normalized spacial score (nSPS) is 18.8. The highest BCUT2D eigenvalue weighted by molar-refractivity contribution is 5.94. The summed E-state index contributed by atoms with van der Waals surface area (Å²) in [5, 5.41) is 6.17. The van der Waals surface area contributed by atoms with Crippen molar-refractivity contribution in [1.82, 2.24) is 10.6 Å². The highest BCUT2D eigenvalue weighted by Gasteiger charge is 2.20. The second-order valence-corrected chi connectivity index (χ2v) is 6.12. The zero-order chi connectivity index (χ0) is 15.4. The Bertz CT molecular complexity index is 523. The summed E-state index contributed by atoms with van der Waals surface area (Å²) in [5.41, 5.74) is 0.614. The predicted molar refractivity (Wildman–Crippen MR) is 84.6 cm³/mol. The summed E-state index contributed by atoms with van der Waals surface area (Å²) in [7, 11) is 1.61. The van der Waals surface area contributed by atoms with Crippen LogP contribution in [-0.2, 0) is 0 Å². The molecule has 120 valence electrons. The van der Waals surface area contributed by atoms with Crippen LogP contribution < -0.4 is 20.1 Å². The van der Waals surface area contributed by atoms with E-state index in [0.717, 1.165) is 31.7 Å². The highest BCUT2D eigenvalue weighted by Crippen LogP contribution is 2.32. The second-order valence-electron chi connectivity index (χ2n) is 6.12. The summed E-state index contributed by atoms with van der Waals surface area (Å²) in [6.07, 6.45) is 4.92. The van der Waals surface area contributed by atoms with Crippen LogP contribution in [0.4, 0.5) is 0 Å². The Hall–Kier alpha value is -1.75. The lowest BCUT2D eigenvalue weighted by Crippen LogP contribution is -2.48. The molecule has 1 heterocycles. The maximum atomic E-state index is 12.2.